The summed E-state index contributed by atoms with van der Waals surface area (Å²) in [7, 11) is -1.13. The number of guanidine groups is 1. The highest BCUT2D eigenvalue weighted by Crippen LogP contribution is 2.30. The van der Waals surface area contributed by atoms with Gasteiger partial charge in [-0.15, -0.1) is 11.3 Å². The van der Waals surface area contributed by atoms with Crippen molar-refractivity contribution in [2.24, 2.45) is 4.99 Å². The Labute approximate surface area is 156 Å². The second kappa shape index (κ2) is 9.67. The topological polar surface area (TPSA) is 66.4 Å². The largest absolute Gasteiger partial charge is 0.434 e. The number of hydrogen-bond donors (Lipinski definition) is 2. The molecule has 0 aliphatic rings. The molecular weight excluding hydrogens is 385 g/mol. The van der Waals surface area contributed by atoms with E-state index in [1.165, 1.54) is 0 Å². The fourth-order valence-electron chi connectivity index (χ4n) is 1.95. The number of halogens is 3. The molecule has 2 rings (SSSR count). The number of thiazole rings is 1. The van der Waals surface area contributed by atoms with Gasteiger partial charge in [0.1, 0.15) is 5.01 Å². The summed E-state index contributed by atoms with van der Waals surface area (Å²) in [6, 6.07) is 9.12. The number of hydrogen-bond acceptors (Lipinski definition) is 4. The van der Waals surface area contributed by atoms with E-state index in [9.17, 15) is 17.4 Å². The van der Waals surface area contributed by atoms with Gasteiger partial charge in [0.15, 0.2) is 11.7 Å². The van der Waals surface area contributed by atoms with E-state index >= 15 is 0 Å². The van der Waals surface area contributed by atoms with Crippen molar-refractivity contribution in [3.63, 3.8) is 0 Å². The number of nitrogens with zero attached hydrogens (tertiary/aromatic N) is 2. The van der Waals surface area contributed by atoms with Gasteiger partial charge in [-0.2, -0.15) is 13.2 Å². The predicted molar refractivity (Wildman–Crippen MR) is 97.7 cm³/mol. The van der Waals surface area contributed by atoms with Gasteiger partial charge in [0.05, 0.1) is 17.3 Å². The van der Waals surface area contributed by atoms with Crippen LogP contribution in [0.3, 0.4) is 0 Å². The van der Waals surface area contributed by atoms with E-state index in [4.69, 9.17) is 0 Å². The Bertz CT molecular complexity index is 747. The Morgan fingerprint density at radius 1 is 1.27 bits per heavy atom. The first-order valence-electron chi connectivity index (χ1n) is 7.87. The molecule has 26 heavy (non-hydrogen) atoms. The summed E-state index contributed by atoms with van der Waals surface area (Å²) >= 11 is 0.920. The van der Waals surface area contributed by atoms with Crippen molar-refractivity contribution in [3.8, 4) is 0 Å². The maximum absolute atomic E-state index is 12.6. The average Bonchev–Trinajstić information content (AvgIpc) is 3.10. The third-order valence-electron chi connectivity index (χ3n) is 3.14. The normalized spacial score (nSPS) is 13.5. The Balaban J connectivity index is 1.88. The van der Waals surface area contributed by atoms with E-state index < -0.39 is 22.7 Å². The zero-order valence-corrected chi connectivity index (χ0v) is 15.7. The number of aliphatic imine (C=N–C) groups is 1. The van der Waals surface area contributed by atoms with Crippen LogP contribution in [0.1, 0.15) is 17.6 Å². The molecule has 0 amide bonds. The van der Waals surface area contributed by atoms with Crippen LogP contribution in [0.4, 0.5) is 13.2 Å². The van der Waals surface area contributed by atoms with E-state index in [-0.39, 0.29) is 11.6 Å². The van der Waals surface area contributed by atoms with Crippen molar-refractivity contribution in [1.29, 1.82) is 0 Å². The summed E-state index contributed by atoms with van der Waals surface area (Å²) in [5.41, 5.74) is -0.899. The Kier molecular flexibility index (Phi) is 7.58. The van der Waals surface area contributed by atoms with Gasteiger partial charge in [-0.25, -0.2) is 9.98 Å². The maximum Gasteiger partial charge on any atom is 0.434 e. The van der Waals surface area contributed by atoms with Gasteiger partial charge in [0.2, 0.25) is 0 Å². The molecule has 1 heterocycles. The van der Waals surface area contributed by atoms with Crippen LogP contribution in [0.15, 0.2) is 45.6 Å². The minimum atomic E-state index is -4.44. The second-order valence-electron chi connectivity index (χ2n) is 5.11. The molecule has 1 aromatic heterocycles. The van der Waals surface area contributed by atoms with Gasteiger partial charge >= 0.3 is 6.18 Å². The van der Waals surface area contributed by atoms with Crippen LogP contribution < -0.4 is 10.6 Å². The summed E-state index contributed by atoms with van der Waals surface area (Å²) in [6.45, 7) is 2.93. The molecule has 0 saturated heterocycles. The van der Waals surface area contributed by atoms with Gasteiger partial charge in [-0.3, -0.25) is 4.21 Å². The number of rotatable bonds is 7. The lowest BCUT2D eigenvalue weighted by molar-refractivity contribution is -0.140. The van der Waals surface area contributed by atoms with Crippen LogP contribution in [0, 0.1) is 0 Å². The number of nitrogens with one attached hydrogen (secondary N) is 2. The van der Waals surface area contributed by atoms with Crippen LogP contribution in [0.2, 0.25) is 0 Å². The molecule has 0 spiro atoms. The van der Waals surface area contributed by atoms with Crippen LogP contribution in [-0.2, 0) is 23.5 Å². The van der Waals surface area contributed by atoms with E-state index in [0.29, 0.717) is 24.8 Å². The highest BCUT2D eigenvalue weighted by Gasteiger charge is 2.33. The third kappa shape index (κ3) is 6.41. The van der Waals surface area contributed by atoms with Gasteiger partial charge in [-0.05, 0) is 19.1 Å². The Morgan fingerprint density at radius 3 is 2.62 bits per heavy atom. The molecule has 0 bridgehead atoms. The first-order chi connectivity index (χ1) is 12.4. The smallest absolute Gasteiger partial charge is 0.357 e. The highest BCUT2D eigenvalue weighted by atomic mass is 32.2. The van der Waals surface area contributed by atoms with E-state index in [0.717, 1.165) is 21.6 Å². The molecule has 1 atom stereocenters. The Morgan fingerprint density at radius 2 is 2.00 bits per heavy atom. The van der Waals surface area contributed by atoms with Gasteiger partial charge in [-0.1, -0.05) is 18.2 Å². The monoisotopic (exact) mass is 404 g/mol. The highest BCUT2D eigenvalue weighted by molar-refractivity contribution is 7.85. The second-order valence-corrected chi connectivity index (χ2v) is 7.62. The fourth-order valence-corrected chi connectivity index (χ4v) is 3.66. The van der Waals surface area contributed by atoms with Crippen molar-refractivity contribution in [1.82, 2.24) is 15.6 Å². The van der Waals surface area contributed by atoms with Gasteiger partial charge in [0.25, 0.3) is 0 Å². The standard InChI is InChI=1S/C16H19F3N4OS2/c1-2-20-15(21-8-9-26(24)12-6-4-3-5-7-12)22-10-14-23-13(11-25-14)16(17,18)19/h3-7,11H,2,8-10H2,1H3,(H2,20,21,22). The minimum Gasteiger partial charge on any atom is -0.357 e. The minimum absolute atomic E-state index is 0.0395. The van der Waals surface area contributed by atoms with Crippen molar-refractivity contribution in [2.75, 3.05) is 18.8 Å². The summed E-state index contributed by atoms with van der Waals surface area (Å²) < 4.78 is 49.8. The van der Waals surface area contributed by atoms with Crippen molar-refractivity contribution in [2.45, 2.75) is 24.5 Å². The summed E-state index contributed by atoms with van der Waals surface area (Å²) in [4.78, 5) is 8.52. The number of alkyl halides is 3. The molecule has 0 radical (unpaired) electrons. The number of aromatic nitrogens is 1. The molecule has 5 nitrogen and oxygen atoms in total. The molecule has 0 aliphatic heterocycles. The van der Waals surface area contributed by atoms with E-state index in [2.05, 4.69) is 20.6 Å². The van der Waals surface area contributed by atoms with Gasteiger partial charge < -0.3 is 10.6 Å². The molecule has 0 fully saturated rings. The predicted octanol–water partition coefficient (Wildman–Crippen LogP) is 3.02. The SMILES string of the molecule is CCNC(=NCc1nc(C(F)(F)F)cs1)NCCS(=O)c1ccccc1. The van der Waals surface area contributed by atoms with E-state index in [1.807, 2.05) is 25.1 Å². The zero-order valence-electron chi connectivity index (χ0n) is 14.0. The van der Waals surface area contributed by atoms with E-state index in [1.54, 1.807) is 12.1 Å². The third-order valence-corrected chi connectivity index (χ3v) is 5.35. The zero-order chi connectivity index (χ0) is 19.0. The number of benzene rings is 1. The molecule has 0 saturated carbocycles. The summed E-state index contributed by atoms with van der Waals surface area (Å²) in [6.07, 6.45) is -4.44. The lowest BCUT2D eigenvalue weighted by Crippen LogP contribution is -2.39. The first kappa shape index (κ1) is 20.4. The van der Waals surface area contributed by atoms with Gasteiger partial charge in [0, 0.05) is 29.1 Å². The van der Waals surface area contributed by atoms with Crippen molar-refractivity contribution < 1.29 is 17.4 Å². The molecule has 0 aliphatic carbocycles. The quantitative estimate of drug-likeness (QED) is 0.550. The molecule has 1 aromatic carbocycles. The van der Waals surface area contributed by atoms with Crippen molar-refractivity contribution in [3.05, 3.63) is 46.4 Å². The molecule has 142 valence electrons. The average molecular weight is 404 g/mol. The maximum atomic E-state index is 12.6. The summed E-state index contributed by atoms with van der Waals surface area (Å²) in [5.74, 6) is 0.838. The fraction of sp³-hybridized carbons (Fsp3) is 0.375. The lowest BCUT2D eigenvalue weighted by atomic mass is 10.4. The first-order valence-corrected chi connectivity index (χ1v) is 10.1. The molecule has 1 unspecified atom stereocenters. The molecule has 10 heteroatoms. The van der Waals surface area contributed by atoms with Crippen molar-refractivity contribution >= 4 is 28.1 Å². The lowest BCUT2D eigenvalue weighted by Gasteiger charge is -2.10. The summed E-state index contributed by atoms with van der Waals surface area (Å²) in [5, 5.41) is 7.29. The Hall–Kier alpha value is -1.94. The van der Waals surface area contributed by atoms with Crippen LogP contribution in [0.5, 0.6) is 0 Å². The van der Waals surface area contributed by atoms with Crippen LogP contribution in [0.25, 0.3) is 0 Å². The molecule has 2 N–H and O–H groups in total. The van der Waals surface area contributed by atoms with Crippen LogP contribution in [-0.4, -0.2) is 34.0 Å². The molecular formula is C16H19F3N4OS2. The van der Waals surface area contributed by atoms with Crippen LogP contribution >= 0.6 is 11.3 Å². The molecule has 2 aromatic rings.